The van der Waals surface area contributed by atoms with Crippen LogP contribution >= 0.6 is 0 Å². The standard InChI is InChI=1S/C30H32F2N4O4/c1-17-11-19-12-20(13-24(40-6)26(19)36-35-17)27(37)33-16-30(39,29(4,5)32)25-15-21(28(2,3)38)14-23(34-25)18-7-9-22(31)10-8-18/h7-15,38-39H,16H2,1-6H3,(H,33,37). The number of aryl methyl sites for hydroxylation is 1. The number of pyridine rings is 1. The van der Waals surface area contributed by atoms with E-state index >= 15 is 4.39 Å². The average molecular weight is 551 g/mol. The summed E-state index contributed by atoms with van der Waals surface area (Å²) in [6.45, 7) is 6.66. The number of fused-ring (bicyclic) bond motifs is 1. The molecule has 0 spiro atoms. The number of aliphatic hydroxyl groups is 2. The zero-order chi connectivity index (χ0) is 29.5. The number of amides is 1. The van der Waals surface area contributed by atoms with Crippen molar-refractivity contribution in [1.29, 1.82) is 0 Å². The lowest BCUT2D eigenvalue weighted by Crippen LogP contribution is -2.53. The highest BCUT2D eigenvalue weighted by Crippen LogP contribution is 2.38. The van der Waals surface area contributed by atoms with Crippen LogP contribution in [0.1, 0.15) is 55.0 Å². The van der Waals surface area contributed by atoms with Gasteiger partial charge in [0, 0.05) is 16.5 Å². The summed E-state index contributed by atoms with van der Waals surface area (Å²) in [5.41, 5.74) is -3.62. The maximum atomic E-state index is 15.8. The molecule has 210 valence electrons. The quantitative estimate of drug-likeness (QED) is 0.290. The number of rotatable bonds is 8. The minimum Gasteiger partial charge on any atom is -0.494 e. The first-order valence-electron chi connectivity index (χ1n) is 12.7. The molecule has 2 aromatic carbocycles. The number of hydrogen-bond acceptors (Lipinski definition) is 7. The van der Waals surface area contributed by atoms with E-state index in [0.29, 0.717) is 39.2 Å². The van der Waals surface area contributed by atoms with E-state index in [4.69, 9.17) is 4.74 Å². The third kappa shape index (κ3) is 5.78. The third-order valence-corrected chi connectivity index (χ3v) is 6.84. The van der Waals surface area contributed by atoms with Crippen molar-refractivity contribution in [3.8, 4) is 17.0 Å². The third-order valence-electron chi connectivity index (χ3n) is 6.84. The molecule has 8 nitrogen and oxygen atoms in total. The first-order valence-corrected chi connectivity index (χ1v) is 12.7. The highest BCUT2D eigenvalue weighted by Gasteiger charge is 2.48. The maximum absolute atomic E-state index is 15.8. The Morgan fingerprint density at radius 1 is 1.00 bits per heavy atom. The van der Waals surface area contributed by atoms with Crippen molar-refractivity contribution in [2.45, 2.75) is 51.5 Å². The predicted octanol–water partition coefficient (Wildman–Crippen LogP) is 4.74. The molecule has 2 heterocycles. The summed E-state index contributed by atoms with van der Waals surface area (Å²) >= 11 is 0. The SMILES string of the molecule is COc1cc(C(=O)NCC(O)(c2cc(C(C)(C)O)cc(-c3ccc(F)cc3)n2)C(C)(C)F)cc2cc(C)nnc12. The number of hydrogen-bond donors (Lipinski definition) is 3. The molecule has 40 heavy (non-hydrogen) atoms. The molecule has 1 unspecified atom stereocenters. The number of alkyl halides is 1. The van der Waals surface area contributed by atoms with Crippen molar-refractivity contribution >= 4 is 16.8 Å². The van der Waals surface area contributed by atoms with Gasteiger partial charge in [-0.3, -0.25) is 4.79 Å². The topological polar surface area (TPSA) is 117 Å². The number of carbonyl (C=O) groups is 1. The van der Waals surface area contributed by atoms with Crippen LogP contribution in [0.2, 0.25) is 0 Å². The maximum Gasteiger partial charge on any atom is 0.251 e. The van der Waals surface area contributed by atoms with Gasteiger partial charge in [-0.25, -0.2) is 13.8 Å². The summed E-state index contributed by atoms with van der Waals surface area (Å²) < 4.78 is 34.7. The molecule has 0 radical (unpaired) electrons. The fourth-order valence-electron chi connectivity index (χ4n) is 4.30. The zero-order valence-corrected chi connectivity index (χ0v) is 23.2. The lowest BCUT2D eigenvalue weighted by molar-refractivity contribution is -0.0907. The van der Waals surface area contributed by atoms with Crippen LogP contribution < -0.4 is 10.1 Å². The van der Waals surface area contributed by atoms with Gasteiger partial charge in [0.1, 0.15) is 22.8 Å². The first-order chi connectivity index (χ1) is 18.6. The highest BCUT2D eigenvalue weighted by molar-refractivity contribution is 5.99. The molecule has 0 fully saturated rings. The van der Waals surface area contributed by atoms with Gasteiger partial charge in [0.25, 0.3) is 5.91 Å². The number of aromatic nitrogens is 3. The number of carbonyl (C=O) groups excluding carboxylic acids is 1. The van der Waals surface area contributed by atoms with Gasteiger partial charge < -0.3 is 20.3 Å². The summed E-state index contributed by atoms with van der Waals surface area (Å²) in [5, 5.41) is 34.0. The van der Waals surface area contributed by atoms with Crippen molar-refractivity contribution in [1.82, 2.24) is 20.5 Å². The van der Waals surface area contributed by atoms with Crippen LogP contribution in [-0.2, 0) is 11.2 Å². The molecular formula is C30H32F2N4O4. The van der Waals surface area contributed by atoms with E-state index in [1.165, 1.54) is 57.4 Å². The van der Waals surface area contributed by atoms with Crippen LogP contribution in [-0.4, -0.2) is 50.6 Å². The lowest BCUT2D eigenvalue weighted by atomic mass is 9.82. The van der Waals surface area contributed by atoms with Crippen molar-refractivity contribution in [2.75, 3.05) is 13.7 Å². The number of methoxy groups -OCH3 is 1. The molecule has 0 aliphatic carbocycles. The first kappa shape index (κ1) is 29.0. The van der Waals surface area contributed by atoms with Crippen LogP contribution in [0.4, 0.5) is 8.78 Å². The minimum absolute atomic E-state index is 0.110. The number of benzene rings is 2. The van der Waals surface area contributed by atoms with E-state index in [1.807, 2.05) is 0 Å². The fourth-order valence-corrected chi connectivity index (χ4v) is 4.30. The molecule has 1 atom stereocenters. The Balaban J connectivity index is 1.75. The number of nitrogens with zero attached hydrogens (tertiary/aromatic N) is 3. The minimum atomic E-state index is -2.32. The van der Waals surface area contributed by atoms with Crippen molar-refractivity contribution < 1.29 is 28.5 Å². The normalized spacial score (nSPS) is 13.7. The second kappa shape index (κ2) is 10.5. The molecule has 4 aromatic rings. The smallest absolute Gasteiger partial charge is 0.251 e. The van der Waals surface area contributed by atoms with E-state index in [0.717, 1.165) is 0 Å². The molecule has 0 aliphatic rings. The molecule has 10 heteroatoms. The van der Waals surface area contributed by atoms with Gasteiger partial charge in [-0.15, -0.1) is 5.10 Å². The van der Waals surface area contributed by atoms with Gasteiger partial charge in [-0.1, -0.05) is 0 Å². The number of halogens is 2. The molecular weight excluding hydrogens is 518 g/mol. The average Bonchev–Trinajstić information content (AvgIpc) is 2.89. The Hall–Kier alpha value is -4.02. The molecule has 2 aromatic heterocycles. The number of ether oxygens (including phenoxy) is 1. The summed E-state index contributed by atoms with van der Waals surface area (Å²) in [7, 11) is 1.45. The van der Waals surface area contributed by atoms with E-state index in [1.54, 1.807) is 39.0 Å². The van der Waals surface area contributed by atoms with Crippen LogP contribution in [0.5, 0.6) is 5.75 Å². The molecule has 0 saturated heterocycles. The van der Waals surface area contributed by atoms with E-state index in [2.05, 4.69) is 20.5 Å². The Labute approximate surface area is 231 Å². The second-order valence-electron chi connectivity index (χ2n) is 10.8. The van der Waals surface area contributed by atoms with Gasteiger partial charge in [-0.05, 0) is 94.8 Å². The molecule has 3 N–H and O–H groups in total. The monoisotopic (exact) mass is 550 g/mol. The summed E-state index contributed by atoms with van der Waals surface area (Å²) in [6, 6.07) is 13.3. The van der Waals surface area contributed by atoms with Gasteiger partial charge in [0.15, 0.2) is 5.60 Å². The van der Waals surface area contributed by atoms with Gasteiger partial charge in [0.05, 0.1) is 36.3 Å². The summed E-state index contributed by atoms with van der Waals surface area (Å²) in [5.74, 6) is -0.700. The van der Waals surface area contributed by atoms with Gasteiger partial charge in [0.2, 0.25) is 0 Å². The largest absolute Gasteiger partial charge is 0.494 e. The predicted molar refractivity (Wildman–Crippen MR) is 147 cm³/mol. The van der Waals surface area contributed by atoms with Crippen LogP contribution in [0.3, 0.4) is 0 Å². The van der Waals surface area contributed by atoms with Crippen LogP contribution in [0.25, 0.3) is 22.2 Å². The summed E-state index contributed by atoms with van der Waals surface area (Å²) in [6.07, 6.45) is 0. The van der Waals surface area contributed by atoms with Gasteiger partial charge in [-0.2, -0.15) is 5.10 Å². The zero-order valence-electron chi connectivity index (χ0n) is 23.2. The Morgan fingerprint density at radius 3 is 2.27 bits per heavy atom. The van der Waals surface area contributed by atoms with Crippen molar-refractivity contribution in [3.05, 3.63) is 82.9 Å². The Morgan fingerprint density at radius 2 is 1.68 bits per heavy atom. The molecule has 0 bridgehead atoms. The fraction of sp³-hybridized carbons (Fsp3) is 0.333. The van der Waals surface area contributed by atoms with Crippen LogP contribution in [0, 0.1) is 12.7 Å². The van der Waals surface area contributed by atoms with Crippen LogP contribution in [0.15, 0.2) is 54.6 Å². The summed E-state index contributed by atoms with van der Waals surface area (Å²) in [4.78, 5) is 17.8. The van der Waals surface area contributed by atoms with E-state index in [9.17, 15) is 19.4 Å². The molecule has 1 amide bonds. The van der Waals surface area contributed by atoms with Crippen molar-refractivity contribution in [2.24, 2.45) is 0 Å². The molecule has 4 rings (SSSR count). The lowest BCUT2D eigenvalue weighted by Gasteiger charge is -2.37. The van der Waals surface area contributed by atoms with E-state index in [-0.39, 0.29) is 11.3 Å². The Kier molecular flexibility index (Phi) is 7.62. The van der Waals surface area contributed by atoms with Crippen molar-refractivity contribution in [3.63, 3.8) is 0 Å². The van der Waals surface area contributed by atoms with Gasteiger partial charge >= 0.3 is 0 Å². The second-order valence-corrected chi connectivity index (χ2v) is 10.8. The Bertz CT molecular complexity index is 1560. The van der Waals surface area contributed by atoms with E-state index < -0.39 is 35.1 Å². The molecule has 0 aliphatic heterocycles. The highest BCUT2D eigenvalue weighted by atomic mass is 19.1. The molecule has 0 saturated carbocycles. The number of nitrogens with one attached hydrogen (secondary N) is 1.